The Morgan fingerprint density at radius 2 is 2.17 bits per heavy atom. The van der Waals surface area contributed by atoms with E-state index in [1.165, 1.54) is 7.11 Å². The van der Waals surface area contributed by atoms with Crippen LogP contribution in [0.2, 0.25) is 0 Å². The Bertz CT molecular complexity index is 173. The standard InChI is InChI=1S/C7H13NO4/c1-12-7(11)4-2-5(9)6(10)3-8-4/h4-6,8-10H,2-3H2,1H3/t4-,5+,6-/m0/s1. The summed E-state index contributed by atoms with van der Waals surface area (Å²) in [5, 5.41) is 21.0. The van der Waals surface area contributed by atoms with Crippen molar-refractivity contribution in [1.29, 1.82) is 0 Å². The molecule has 5 heteroatoms. The monoisotopic (exact) mass is 175 g/mol. The first-order valence-electron chi connectivity index (χ1n) is 3.82. The lowest BCUT2D eigenvalue weighted by atomic mass is 10.00. The van der Waals surface area contributed by atoms with Crippen LogP contribution < -0.4 is 5.32 Å². The van der Waals surface area contributed by atoms with Gasteiger partial charge in [0.2, 0.25) is 0 Å². The zero-order valence-corrected chi connectivity index (χ0v) is 6.86. The van der Waals surface area contributed by atoms with Crippen molar-refractivity contribution in [3.63, 3.8) is 0 Å². The maximum atomic E-state index is 10.9. The molecule has 1 rings (SSSR count). The molecule has 0 bridgehead atoms. The van der Waals surface area contributed by atoms with Gasteiger partial charge in [-0.15, -0.1) is 0 Å². The molecule has 0 aromatic carbocycles. The molecule has 12 heavy (non-hydrogen) atoms. The summed E-state index contributed by atoms with van der Waals surface area (Å²) in [6, 6.07) is -0.492. The van der Waals surface area contributed by atoms with Crippen molar-refractivity contribution in [2.24, 2.45) is 0 Å². The minimum atomic E-state index is -0.838. The molecule has 1 aliphatic heterocycles. The number of esters is 1. The van der Waals surface area contributed by atoms with Crippen LogP contribution in [-0.4, -0.2) is 48.1 Å². The minimum Gasteiger partial charge on any atom is -0.468 e. The van der Waals surface area contributed by atoms with Gasteiger partial charge in [-0.3, -0.25) is 4.79 Å². The highest BCUT2D eigenvalue weighted by Crippen LogP contribution is 2.09. The molecule has 1 saturated heterocycles. The SMILES string of the molecule is COC(=O)[C@@H]1C[C@@H](O)[C@@H](O)CN1. The fraction of sp³-hybridized carbons (Fsp3) is 0.857. The molecule has 1 fully saturated rings. The highest BCUT2D eigenvalue weighted by Gasteiger charge is 2.31. The van der Waals surface area contributed by atoms with E-state index >= 15 is 0 Å². The maximum absolute atomic E-state index is 10.9. The van der Waals surface area contributed by atoms with Crippen molar-refractivity contribution in [3.05, 3.63) is 0 Å². The number of nitrogens with one attached hydrogen (secondary N) is 1. The molecule has 1 heterocycles. The number of carbonyl (C=O) groups is 1. The average Bonchev–Trinajstić information content (AvgIpc) is 2.08. The first-order valence-corrected chi connectivity index (χ1v) is 3.82. The maximum Gasteiger partial charge on any atom is 0.322 e. The summed E-state index contributed by atoms with van der Waals surface area (Å²) >= 11 is 0. The quantitative estimate of drug-likeness (QED) is 0.412. The van der Waals surface area contributed by atoms with Crippen LogP contribution in [-0.2, 0) is 9.53 Å². The zero-order valence-electron chi connectivity index (χ0n) is 6.86. The lowest BCUT2D eigenvalue weighted by molar-refractivity contribution is -0.146. The number of hydrogen-bond donors (Lipinski definition) is 3. The molecule has 0 aromatic rings. The van der Waals surface area contributed by atoms with Gasteiger partial charge < -0.3 is 20.3 Å². The minimum absolute atomic E-state index is 0.202. The second-order valence-electron chi connectivity index (χ2n) is 2.85. The van der Waals surface area contributed by atoms with Crippen LogP contribution in [0.3, 0.4) is 0 Å². The van der Waals surface area contributed by atoms with Gasteiger partial charge in [-0.25, -0.2) is 0 Å². The van der Waals surface area contributed by atoms with E-state index in [0.29, 0.717) is 0 Å². The number of piperidine rings is 1. The molecule has 0 aliphatic carbocycles. The van der Waals surface area contributed by atoms with E-state index in [1.54, 1.807) is 0 Å². The van der Waals surface area contributed by atoms with Crippen LogP contribution in [0.1, 0.15) is 6.42 Å². The first kappa shape index (κ1) is 9.44. The molecule has 0 radical (unpaired) electrons. The van der Waals surface area contributed by atoms with Gasteiger partial charge in [0.05, 0.1) is 19.3 Å². The van der Waals surface area contributed by atoms with Crippen molar-refractivity contribution < 1.29 is 19.7 Å². The summed E-state index contributed by atoms with van der Waals surface area (Å²) in [4.78, 5) is 10.9. The molecular weight excluding hydrogens is 162 g/mol. The van der Waals surface area contributed by atoms with Gasteiger partial charge in [0, 0.05) is 13.0 Å². The van der Waals surface area contributed by atoms with Crippen molar-refractivity contribution in [2.75, 3.05) is 13.7 Å². The summed E-state index contributed by atoms with van der Waals surface area (Å²) in [5.41, 5.74) is 0. The van der Waals surface area contributed by atoms with E-state index in [-0.39, 0.29) is 13.0 Å². The summed E-state index contributed by atoms with van der Waals surface area (Å²) in [6.07, 6.45) is -1.42. The molecule has 1 aliphatic rings. The third-order valence-electron chi connectivity index (χ3n) is 1.98. The van der Waals surface area contributed by atoms with E-state index < -0.39 is 24.2 Å². The van der Waals surface area contributed by atoms with Crippen LogP contribution >= 0.6 is 0 Å². The predicted octanol–water partition coefficient (Wildman–Crippen LogP) is -1.76. The van der Waals surface area contributed by atoms with Crippen molar-refractivity contribution in [1.82, 2.24) is 5.32 Å². The van der Waals surface area contributed by atoms with Crippen LogP contribution in [0.5, 0.6) is 0 Å². The highest BCUT2D eigenvalue weighted by atomic mass is 16.5. The molecule has 0 saturated carbocycles. The van der Waals surface area contributed by atoms with E-state index in [2.05, 4.69) is 10.1 Å². The van der Waals surface area contributed by atoms with Gasteiger partial charge in [-0.1, -0.05) is 0 Å². The van der Waals surface area contributed by atoms with Crippen molar-refractivity contribution in [2.45, 2.75) is 24.7 Å². The summed E-state index contributed by atoms with van der Waals surface area (Å²) in [7, 11) is 1.29. The molecule has 0 amide bonds. The molecule has 0 unspecified atom stereocenters. The Morgan fingerprint density at radius 1 is 1.50 bits per heavy atom. The molecule has 0 aromatic heterocycles. The molecule has 5 nitrogen and oxygen atoms in total. The molecule has 70 valence electrons. The average molecular weight is 175 g/mol. The fourth-order valence-electron chi connectivity index (χ4n) is 1.20. The van der Waals surface area contributed by atoms with E-state index in [0.717, 1.165) is 0 Å². The van der Waals surface area contributed by atoms with Crippen LogP contribution in [0, 0.1) is 0 Å². The molecule has 3 atom stereocenters. The summed E-state index contributed by atoms with van der Waals surface area (Å²) in [5.74, 6) is -0.402. The normalized spacial score (nSPS) is 36.1. The van der Waals surface area contributed by atoms with Gasteiger partial charge in [-0.05, 0) is 0 Å². The fourth-order valence-corrected chi connectivity index (χ4v) is 1.20. The number of methoxy groups -OCH3 is 1. The number of carbonyl (C=O) groups excluding carboxylic acids is 1. The Morgan fingerprint density at radius 3 is 2.67 bits per heavy atom. The third kappa shape index (κ3) is 1.94. The number of hydrogen-bond acceptors (Lipinski definition) is 5. The Kier molecular flexibility index (Phi) is 3.02. The van der Waals surface area contributed by atoms with Crippen LogP contribution in [0.4, 0.5) is 0 Å². The second kappa shape index (κ2) is 3.84. The molecule has 0 spiro atoms. The summed E-state index contributed by atoms with van der Waals surface area (Å²) < 4.78 is 4.48. The lowest BCUT2D eigenvalue weighted by Crippen LogP contribution is -2.53. The van der Waals surface area contributed by atoms with Crippen molar-refractivity contribution >= 4 is 5.97 Å². The number of aliphatic hydroxyl groups excluding tert-OH is 2. The molecular formula is C7H13NO4. The number of β-amino-alcohol motifs (C(OH)–C–C–N with tert-alkyl or cyclic N) is 1. The Hall–Kier alpha value is -0.650. The van der Waals surface area contributed by atoms with Gasteiger partial charge in [0.25, 0.3) is 0 Å². The Balaban J connectivity index is 2.45. The molecule has 3 N–H and O–H groups in total. The topological polar surface area (TPSA) is 78.8 Å². The summed E-state index contributed by atoms with van der Waals surface area (Å²) in [6.45, 7) is 0.223. The lowest BCUT2D eigenvalue weighted by Gasteiger charge is -2.29. The zero-order chi connectivity index (χ0) is 9.14. The predicted molar refractivity (Wildman–Crippen MR) is 40.4 cm³/mol. The Labute approximate surface area is 70.3 Å². The van der Waals surface area contributed by atoms with Crippen LogP contribution in [0.25, 0.3) is 0 Å². The van der Waals surface area contributed by atoms with Gasteiger partial charge in [-0.2, -0.15) is 0 Å². The smallest absolute Gasteiger partial charge is 0.322 e. The second-order valence-corrected chi connectivity index (χ2v) is 2.85. The number of ether oxygens (including phenoxy) is 1. The van der Waals surface area contributed by atoms with Crippen LogP contribution in [0.15, 0.2) is 0 Å². The van der Waals surface area contributed by atoms with Gasteiger partial charge in [0.15, 0.2) is 0 Å². The number of rotatable bonds is 1. The third-order valence-corrected chi connectivity index (χ3v) is 1.98. The van der Waals surface area contributed by atoms with Crippen molar-refractivity contribution in [3.8, 4) is 0 Å². The number of aliphatic hydroxyl groups is 2. The van der Waals surface area contributed by atoms with E-state index in [1.807, 2.05) is 0 Å². The highest BCUT2D eigenvalue weighted by molar-refractivity contribution is 5.75. The van der Waals surface area contributed by atoms with Gasteiger partial charge >= 0.3 is 5.97 Å². The largest absolute Gasteiger partial charge is 0.468 e. The van der Waals surface area contributed by atoms with E-state index in [4.69, 9.17) is 5.11 Å². The first-order chi connectivity index (χ1) is 5.65. The van der Waals surface area contributed by atoms with E-state index in [9.17, 15) is 9.90 Å². The van der Waals surface area contributed by atoms with Gasteiger partial charge in [0.1, 0.15) is 6.04 Å².